The van der Waals surface area contributed by atoms with Gasteiger partial charge in [0.05, 0.1) is 0 Å². The third-order valence-electron chi connectivity index (χ3n) is 3.91. The molecule has 0 aliphatic rings. The van der Waals surface area contributed by atoms with Gasteiger partial charge in [-0.1, -0.05) is 78.6 Å². The van der Waals surface area contributed by atoms with Gasteiger partial charge in [0.15, 0.2) is 0 Å². The Bertz CT molecular complexity index is 440. The Labute approximate surface area is 267 Å². The maximum atomic E-state index is 10.3. The molecule has 0 bridgehead atoms. The van der Waals surface area contributed by atoms with Gasteiger partial charge in [-0.2, -0.15) is 0 Å². The van der Waals surface area contributed by atoms with E-state index in [1.54, 1.807) is 0 Å². The Morgan fingerprint density at radius 3 is 0.697 bits per heavy atom. The van der Waals surface area contributed by atoms with Crippen LogP contribution in [0, 0.1) is 0 Å². The monoisotopic (exact) mass is 570 g/mol. The van der Waals surface area contributed by atoms with E-state index < -0.39 is 22.8 Å². The average Bonchev–Trinajstić information content (AvgIpc) is 2.58. The zero-order valence-electron chi connectivity index (χ0n) is 18.9. The van der Waals surface area contributed by atoms with Gasteiger partial charge in [0.1, 0.15) is 0 Å². The van der Waals surface area contributed by atoms with Gasteiger partial charge in [-0.05, 0) is 19.3 Å². The summed E-state index contributed by atoms with van der Waals surface area (Å²) < 4.78 is 30.9. The van der Waals surface area contributed by atoms with Crippen molar-refractivity contribution in [3.63, 3.8) is 0 Å². The summed E-state index contributed by atoms with van der Waals surface area (Å²) in [7, 11) is -11.1. The molecule has 0 aromatic heterocycles. The Morgan fingerprint density at radius 2 is 0.576 bits per heavy atom. The van der Waals surface area contributed by atoms with Gasteiger partial charge in [0.2, 0.25) is 0 Å². The van der Waals surface area contributed by atoms with Gasteiger partial charge in [-0.15, -0.1) is 0 Å². The van der Waals surface area contributed by atoms with Gasteiger partial charge < -0.3 is 29.4 Å². The summed E-state index contributed by atoms with van der Waals surface area (Å²) in [5, 5.41) is 0. The van der Waals surface area contributed by atoms with Gasteiger partial charge >= 0.3 is 111 Å². The van der Waals surface area contributed by atoms with Gasteiger partial charge in [-0.3, -0.25) is 13.7 Å². The molecule has 0 radical (unpaired) electrons. The molecule has 9 nitrogen and oxygen atoms in total. The Kier molecular flexibility index (Phi) is 47.4. The van der Waals surface area contributed by atoms with Crippen molar-refractivity contribution in [1.29, 1.82) is 0 Å². The van der Waals surface area contributed by atoms with E-state index in [2.05, 4.69) is 20.8 Å². The molecule has 0 atom stereocenters. The first-order valence-corrected chi connectivity index (χ1v) is 16.2. The molecule has 0 aromatic carbocycles. The molecule has 0 fully saturated rings. The second kappa shape index (κ2) is 31.7. The van der Waals surface area contributed by atoms with Crippen molar-refractivity contribution in [3.05, 3.63) is 0 Å². The van der Waals surface area contributed by atoms with E-state index in [-0.39, 0.29) is 107 Å². The van der Waals surface area contributed by atoms with Crippen LogP contribution in [0.4, 0.5) is 0 Å². The molecule has 0 aromatic rings. The SMILES string of the molecule is CCCCCCP(=O)(O)O.CCCCCCP(=O)(O)O.CCCCCCP(=O)(O)O.[NaH].[NaH].[NaH]. The van der Waals surface area contributed by atoms with E-state index in [9.17, 15) is 13.7 Å². The third kappa shape index (κ3) is 66.4. The number of rotatable bonds is 15. The van der Waals surface area contributed by atoms with Crippen LogP contribution in [-0.2, 0) is 13.7 Å². The molecule has 0 saturated heterocycles. The standard InChI is InChI=1S/3C6H15O3P.3Na.3H/c3*1-2-3-4-5-6-10(7,8)9;;;;;;/h3*2-6H2,1H3,(H2,7,8,9);;;;;;. The van der Waals surface area contributed by atoms with Crippen molar-refractivity contribution < 1.29 is 43.1 Å². The molecule has 0 saturated carbocycles. The summed E-state index contributed by atoms with van der Waals surface area (Å²) in [6.45, 7) is 6.20. The molecule has 192 valence electrons. The van der Waals surface area contributed by atoms with Crippen LogP contribution in [0.3, 0.4) is 0 Å². The predicted octanol–water partition coefficient (Wildman–Crippen LogP) is 3.29. The maximum absolute atomic E-state index is 10.3. The summed E-state index contributed by atoms with van der Waals surface area (Å²) in [5.74, 6) is 0. The van der Waals surface area contributed by atoms with Crippen LogP contribution in [0.15, 0.2) is 0 Å². The summed E-state index contributed by atoms with van der Waals surface area (Å²) in [5.41, 5.74) is 0. The first-order chi connectivity index (χ1) is 13.7. The fourth-order valence-electron chi connectivity index (χ4n) is 2.23. The minimum absolute atomic E-state index is 0. The van der Waals surface area contributed by atoms with Gasteiger partial charge in [-0.25, -0.2) is 0 Å². The first-order valence-electron chi connectivity index (χ1n) is 10.8. The van der Waals surface area contributed by atoms with Crippen LogP contribution >= 0.6 is 22.8 Å². The minimum atomic E-state index is -3.71. The van der Waals surface area contributed by atoms with E-state index in [0.29, 0.717) is 19.3 Å². The van der Waals surface area contributed by atoms with E-state index in [1.165, 1.54) is 0 Å². The van der Waals surface area contributed by atoms with Crippen LogP contribution in [0.2, 0.25) is 0 Å². The van der Waals surface area contributed by atoms with Crippen molar-refractivity contribution in [3.8, 4) is 0 Å². The topological polar surface area (TPSA) is 173 Å². The molecule has 0 amide bonds. The molecule has 0 heterocycles. The molecule has 0 aliphatic carbocycles. The summed E-state index contributed by atoms with van der Waals surface area (Å²) in [6.07, 6.45) is 11.4. The van der Waals surface area contributed by atoms with Gasteiger partial charge in [0.25, 0.3) is 0 Å². The summed E-state index contributed by atoms with van der Waals surface area (Å²) >= 11 is 0. The fraction of sp³-hybridized carbons (Fsp3) is 1.00. The van der Waals surface area contributed by atoms with Crippen molar-refractivity contribution in [2.75, 3.05) is 18.5 Å². The molecule has 15 heteroatoms. The van der Waals surface area contributed by atoms with Crippen LogP contribution in [0.1, 0.15) is 97.8 Å². The number of unbranched alkanes of at least 4 members (excludes halogenated alkanes) is 9. The molecule has 0 rings (SSSR count). The zero-order chi connectivity index (χ0) is 24.1. The van der Waals surface area contributed by atoms with E-state index >= 15 is 0 Å². The molecule has 6 N–H and O–H groups in total. The molecule has 0 spiro atoms. The fourth-order valence-corrected chi connectivity index (χ4v) is 4.14. The predicted molar refractivity (Wildman–Crippen MR) is 145 cm³/mol. The van der Waals surface area contributed by atoms with E-state index in [0.717, 1.165) is 57.8 Å². The molecule has 0 aliphatic heterocycles. The molecular weight excluding hydrogens is 522 g/mol. The number of hydrogen-bond donors (Lipinski definition) is 6. The normalized spacial score (nSPS) is 10.8. The van der Waals surface area contributed by atoms with E-state index in [4.69, 9.17) is 29.4 Å². The zero-order valence-corrected chi connectivity index (χ0v) is 21.5. The van der Waals surface area contributed by atoms with Crippen LogP contribution < -0.4 is 0 Å². The Morgan fingerprint density at radius 1 is 0.394 bits per heavy atom. The van der Waals surface area contributed by atoms with Crippen LogP contribution in [0.5, 0.6) is 0 Å². The molecular formula is C18H48Na3O9P3. The third-order valence-corrected chi connectivity index (χ3v) is 6.61. The first kappa shape index (κ1) is 49.4. The summed E-state index contributed by atoms with van der Waals surface area (Å²) in [4.78, 5) is 50.6. The van der Waals surface area contributed by atoms with Crippen molar-refractivity contribution in [1.82, 2.24) is 0 Å². The van der Waals surface area contributed by atoms with Crippen molar-refractivity contribution in [2.45, 2.75) is 97.8 Å². The molecule has 33 heavy (non-hydrogen) atoms. The quantitative estimate of drug-likeness (QED) is 0.0982. The van der Waals surface area contributed by atoms with Crippen molar-refractivity contribution in [2.24, 2.45) is 0 Å². The van der Waals surface area contributed by atoms with E-state index in [1.807, 2.05) is 0 Å². The molecule has 0 unspecified atom stereocenters. The van der Waals surface area contributed by atoms with Crippen molar-refractivity contribution >= 4 is 111 Å². The Hall–Kier alpha value is 3.45. The second-order valence-corrected chi connectivity index (χ2v) is 12.7. The van der Waals surface area contributed by atoms with Gasteiger partial charge in [0, 0.05) is 18.5 Å². The number of hydrogen-bond acceptors (Lipinski definition) is 3. The summed E-state index contributed by atoms with van der Waals surface area (Å²) in [6, 6.07) is 0. The second-order valence-electron chi connectivity index (χ2n) is 7.35. The van der Waals surface area contributed by atoms with Crippen LogP contribution in [0.25, 0.3) is 0 Å². The average molecular weight is 570 g/mol. The van der Waals surface area contributed by atoms with Crippen LogP contribution in [-0.4, -0.2) is 137 Å². The Balaban J connectivity index is -0.0000000792.